The van der Waals surface area contributed by atoms with E-state index in [1.807, 2.05) is 24.3 Å². The summed E-state index contributed by atoms with van der Waals surface area (Å²) in [7, 11) is 0. The zero-order valence-electron chi connectivity index (χ0n) is 8.22. The molecule has 0 atom stereocenters. The van der Waals surface area contributed by atoms with E-state index >= 15 is 0 Å². The zero-order chi connectivity index (χ0) is 11.0. The van der Waals surface area contributed by atoms with Crippen LogP contribution in [-0.2, 0) is 0 Å². The van der Waals surface area contributed by atoms with E-state index in [1.54, 1.807) is 23.7 Å². The number of hydrogen-bond donors (Lipinski definition) is 0. The second kappa shape index (κ2) is 3.85. The Balaban J connectivity index is 2.22. The summed E-state index contributed by atoms with van der Waals surface area (Å²) >= 11 is 7.47. The number of benzene rings is 1. The highest BCUT2D eigenvalue weighted by Gasteiger charge is 2.07. The first-order chi connectivity index (χ1) is 7.84. The molecule has 0 bridgehead atoms. The molecular formula is C12H7ClN2S. The first-order valence-electron chi connectivity index (χ1n) is 4.79. The summed E-state index contributed by atoms with van der Waals surface area (Å²) in [5.41, 5.74) is 3.19. The van der Waals surface area contributed by atoms with Gasteiger partial charge in [0.25, 0.3) is 0 Å². The van der Waals surface area contributed by atoms with Crippen LogP contribution in [0.4, 0.5) is 0 Å². The number of hydrogen-bond acceptors (Lipinski definition) is 3. The smallest absolute Gasteiger partial charge is 0.142 e. The molecule has 0 N–H and O–H groups in total. The molecule has 2 nitrogen and oxygen atoms in total. The SMILES string of the molecule is Clc1ccc(-c2csc3nccnc23)cc1. The monoisotopic (exact) mass is 246 g/mol. The fraction of sp³-hybridized carbons (Fsp3) is 0. The molecule has 0 aliphatic carbocycles. The van der Waals surface area contributed by atoms with Crippen LogP contribution in [0, 0.1) is 0 Å². The first kappa shape index (κ1) is 9.75. The highest BCUT2D eigenvalue weighted by molar-refractivity contribution is 7.17. The third-order valence-electron chi connectivity index (χ3n) is 2.36. The Morgan fingerprint density at radius 3 is 2.56 bits per heavy atom. The van der Waals surface area contributed by atoms with Crippen LogP contribution in [0.25, 0.3) is 21.5 Å². The van der Waals surface area contributed by atoms with Gasteiger partial charge < -0.3 is 0 Å². The predicted octanol–water partition coefficient (Wildman–Crippen LogP) is 4.01. The molecule has 0 aliphatic heterocycles. The first-order valence-corrected chi connectivity index (χ1v) is 6.04. The summed E-state index contributed by atoms with van der Waals surface area (Å²) in [6.07, 6.45) is 3.43. The number of fused-ring (bicyclic) bond motifs is 1. The van der Waals surface area contributed by atoms with Crippen molar-refractivity contribution in [1.29, 1.82) is 0 Å². The molecule has 0 saturated carbocycles. The molecule has 0 unspecified atom stereocenters. The van der Waals surface area contributed by atoms with Gasteiger partial charge in [0.2, 0.25) is 0 Å². The summed E-state index contributed by atoms with van der Waals surface area (Å²) in [5.74, 6) is 0. The Bertz CT molecular complexity index is 631. The quantitative estimate of drug-likeness (QED) is 0.648. The summed E-state index contributed by atoms with van der Waals surface area (Å²) < 4.78 is 0. The molecule has 0 fully saturated rings. The number of aromatic nitrogens is 2. The van der Waals surface area contributed by atoms with Gasteiger partial charge in [-0.3, -0.25) is 4.98 Å². The van der Waals surface area contributed by atoms with Gasteiger partial charge >= 0.3 is 0 Å². The molecule has 1 aromatic carbocycles. The minimum Gasteiger partial charge on any atom is -0.251 e. The average molecular weight is 247 g/mol. The van der Waals surface area contributed by atoms with Gasteiger partial charge in [0, 0.05) is 28.4 Å². The topological polar surface area (TPSA) is 25.8 Å². The Kier molecular flexibility index (Phi) is 2.35. The third-order valence-corrected chi connectivity index (χ3v) is 3.49. The summed E-state index contributed by atoms with van der Waals surface area (Å²) in [5, 5.41) is 2.82. The normalized spacial score (nSPS) is 10.8. The maximum atomic E-state index is 5.87. The lowest BCUT2D eigenvalue weighted by Gasteiger charge is -1.98. The molecule has 0 saturated heterocycles. The van der Waals surface area contributed by atoms with Crippen molar-refractivity contribution in [2.75, 3.05) is 0 Å². The van der Waals surface area contributed by atoms with Crippen molar-refractivity contribution in [3.8, 4) is 11.1 Å². The lowest BCUT2D eigenvalue weighted by Crippen LogP contribution is -1.79. The van der Waals surface area contributed by atoms with Crippen LogP contribution in [0.2, 0.25) is 5.02 Å². The second-order valence-electron chi connectivity index (χ2n) is 3.37. The Hall–Kier alpha value is -1.45. The summed E-state index contributed by atoms with van der Waals surface area (Å²) in [4.78, 5) is 9.60. The van der Waals surface area contributed by atoms with E-state index in [1.165, 1.54) is 0 Å². The molecule has 3 rings (SSSR count). The number of halogens is 1. The predicted molar refractivity (Wildman–Crippen MR) is 67.9 cm³/mol. The average Bonchev–Trinajstić information content (AvgIpc) is 2.74. The summed E-state index contributed by atoms with van der Waals surface area (Å²) in [6, 6.07) is 7.77. The number of thiophene rings is 1. The van der Waals surface area contributed by atoms with Crippen molar-refractivity contribution < 1.29 is 0 Å². The lowest BCUT2D eigenvalue weighted by molar-refractivity contribution is 1.32. The van der Waals surface area contributed by atoms with Gasteiger partial charge in [-0.15, -0.1) is 11.3 Å². The summed E-state index contributed by atoms with van der Waals surface area (Å²) in [6.45, 7) is 0. The minimum atomic E-state index is 0.745. The molecule has 0 spiro atoms. The van der Waals surface area contributed by atoms with Crippen molar-refractivity contribution in [1.82, 2.24) is 9.97 Å². The molecular weight excluding hydrogens is 240 g/mol. The molecule has 4 heteroatoms. The van der Waals surface area contributed by atoms with E-state index in [-0.39, 0.29) is 0 Å². The van der Waals surface area contributed by atoms with Crippen LogP contribution in [0.3, 0.4) is 0 Å². The van der Waals surface area contributed by atoms with Gasteiger partial charge in [0.05, 0.1) is 0 Å². The van der Waals surface area contributed by atoms with Crippen molar-refractivity contribution in [2.24, 2.45) is 0 Å². The molecule has 2 aromatic heterocycles. The van der Waals surface area contributed by atoms with E-state index in [0.717, 1.165) is 26.5 Å². The Morgan fingerprint density at radius 2 is 1.75 bits per heavy atom. The molecule has 0 aliphatic rings. The van der Waals surface area contributed by atoms with Gasteiger partial charge in [0.1, 0.15) is 10.3 Å². The Morgan fingerprint density at radius 1 is 1.00 bits per heavy atom. The van der Waals surface area contributed by atoms with Gasteiger partial charge in [0.15, 0.2) is 0 Å². The molecule has 2 heterocycles. The van der Waals surface area contributed by atoms with E-state index < -0.39 is 0 Å². The fourth-order valence-corrected chi connectivity index (χ4v) is 2.60. The van der Waals surface area contributed by atoms with Crippen LogP contribution in [-0.4, -0.2) is 9.97 Å². The van der Waals surface area contributed by atoms with E-state index in [4.69, 9.17) is 11.6 Å². The molecule has 16 heavy (non-hydrogen) atoms. The van der Waals surface area contributed by atoms with E-state index in [9.17, 15) is 0 Å². The molecule has 0 amide bonds. The van der Waals surface area contributed by atoms with Gasteiger partial charge in [-0.25, -0.2) is 4.98 Å². The van der Waals surface area contributed by atoms with Crippen molar-refractivity contribution in [3.63, 3.8) is 0 Å². The van der Waals surface area contributed by atoms with Crippen molar-refractivity contribution >= 4 is 33.3 Å². The van der Waals surface area contributed by atoms with Crippen molar-refractivity contribution in [2.45, 2.75) is 0 Å². The van der Waals surface area contributed by atoms with Gasteiger partial charge in [-0.1, -0.05) is 23.7 Å². The lowest BCUT2D eigenvalue weighted by atomic mass is 10.1. The zero-order valence-corrected chi connectivity index (χ0v) is 9.79. The highest BCUT2D eigenvalue weighted by atomic mass is 35.5. The van der Waals surface area contributed by atoms with Gasteiger partial charge in [-0.2, -0.15) is 0 Å². The fourth-order valence-electron chi connectivity index (χ4n) is 1.60. The van der Waals surface area contributed by atoms with Crippen LogP contribution in [0.15, 0.2) is 42.0 Å². The van der Waals surface area contributed by atoms with E-state index in [0.29, 0.717) is 0 Å². The molecule has 3 aromatic rings. The van der Waals surface area contributed by atoms with E-state index in [2.05, 4.69) is 15.3 Å². The van der Waals surface area contributed by atoms with Gasteiger partial charge in [-0.05, 0) is 17.7 Å². The largest absolute Gasteiger partial charge is 0.251 e. The number of nitrogens with zero attached hydrogens (tertiary/aromatic N) is 2. The third kappa shape index (κ3) is 1.58. The minimum absolute atomic E-state index is 0.745. The van der Waals surface area contributed by atoms with Crippen molar-refractivity contribution in [3.05, 3.63) is 47.1 Å². The standard InChI is InChI=1S/C12H7ClN2S/c13-9-3-1-8(2-4-9)10-7-16-12-11(10)14-5-6-15-12/h1-7H. The maximum absolute atomic E-state index is 5.87. The highest BCUT2D eigenvalue weighted by Crippen LogP contribution is 2.31. The second-order valence-corrected chi connectivity index (χ2v) is 4.66. The van der Waals surface area contributed by atoms with Crippen LogP contribution < -0.4 is 0 Å². The molecule has 78 valence electrons. The Labute approximate surface area is 102 Å². The maximum Gasteiger partial charge on any atom is 0.142 e. The number of rotatable bonds is 1. The van der Waals surface area contributed by atoms with Crippen LogP contribution >= 0.6 is 22.9 Å². The van der Waals surface area contributed by atoms with Crippen LogP contribution in [0.1, 0.15) is 0 Å². The van der Waals surface area contributed by atoms with Crippen LogP contribution in [0.5, 0.6) is 0 Å². The molecule has 0 radical (unpaired) electrons.